The Kier molecular flexibility index (Phi) is 2.70. The molecule has 0 N–H and O–H groups in total. The fourth-order valence-electron chi connectivity index (χ4n) is 2.57. The lowest BCUT2D eigenvalue weighted by atomic mass is 10.1. The van der Waals surface area contributed by atoms with Gasteiger partial charge in [0.25, 0.3) is 0 Å². The van der Waals surface area contributed by atoms with Crippen molar-refractivity contribution < 1.29 is 13.9 Å². The third-order valence-electron chi connectivity index (χ3n) is 3.32. The molecule has 106 valence electrons. The van der Waals surface area contributed by atoms with Crippen molar-refractivity contribution in [2.24, 2.45) is 9.98 Å². The van der Waals surface area contributed by atoms with Crippen LogP contribution in [0.4, 0.5) is 5.88 Å². The van der Waals surface area contributed by atoms with E-state index in [1.165, 1.54) is 0 Å². The molecule has 0 saturated heterocycles. The Balaban J connectivity index is 2.16. The molecule has 2 aliphatic rings. The number of aliphatic imine (C=N–C) groups is 2. The van der Waals surface area contributed by atoms with Crippen LogP contribution in [0.5, 0.6) is 0 Å². The predicted molar refractivity (Wildman–Crippen MR) is 74.9 cm³/mol. The van der Waals surface area contributed by atoms with Crippen LogP contribution >= 0.6 is 0 Å². The van der Waals surface area contributed by atoms with Crippen LogP contribution in [0.3, 0.4) is 0 Å². The van der Waals surface area contributed by atoms with Gasteiger partial charge in [0.15, 0.2) is 0 Å². The Bertz CT molecular complexity index is 640. The predicted octanol–water partition coefficient (Wildman–Crippen LogP) is 2.28. The third kappa shape index (κ3) is 1.83. The number of ether oxygens (including phenoxy) is 1. The second-order valence-electron chi connectivity index (χ2n) is 5.55. The van der Waals surface area contributed by atoms with Crippen molar-refractivity contribution in [2.75, 3.05) is 13.2 Å². The van der Waals surface area contributed by atoms with Crippen molar-refractivity contribution in [1.82, 2.24) is 4.90 Å². The molecule has 20 heavy (non-hydrogen) atoms. The molecule has 3 heterocycles. The van der Waals surface area contributed by atoms with E-state index in [1.54, 1.807) is 20.2 Å². The maximum Gasteiger partial charge on any atom is 0.342 e. The van der Waals surface area contributed by atoms with Gasteiger partial charge in [-0.05, 0) is 27.7 Å². The number of carbonyl (C=O) groups is 1. The normalized spacial score (nSPS) is 18.6. The highest BCUT2D eigenvalue weighted by molar-refractivity contribution is 6.16. The minimum absolute atomic E-state index is 0.208. The van der Waals surface area contributed by atoms with E-state index in [2.05, 4.69) is 9.98 Å². The molecular formula is C14H17N3O3. The summed E-state index contributed by atoms with van der Waals surface area (Å²) in [5.41, 5.74) is 0.870. The van der Waals surface area contributed by atoms with Gasteiger partial charge in [-0.25, -0.2) is 9.79 Å². The molecule has 0 aliphatic carbocycles. The first-order valence-electron chi connectivity index (χ1n) is 6.64. The van der Waals surface area contributed by atoms with Gasteiger partial charge in [-0.1, -0.05) is 0 Å². The zero-order chi connectivity index (χ0) is 14.5. The van der Waals surface area contributed by atoms with Crippen LogP contribution in [0, 0.1) is 6.92 Å². The SMILES string of the molecule is CCOC(=O)c1c(C)oc2c1C1=NC(C)(C)CN1C=N2. The van der Waals surface area contributed by atoms with E-state index in [9.17, 15) is 4.79 Å². The van der Waals surface area contributed by atoms with E-state index in [0.717, 1.165) is 12.4 Å². The standard InChI is InChI=1S/C14H17N3O3/c1-5-19-13(18)9-8(2)20-12-10(9)11-16-14(3,4)6-17(11)7-15-12/h7H,5-6H2,1-4H3. The van der Waals surface area contributed by atoms with Gasteiger partial charge in [0.2, 0.25) is 5.88 Å². The number of furan rings is 1. The van der Waals surface area contributed by atoms with Crippen molar-refractivity contribution in [3.63, 3.8) is 0 Å². The van der Waals surface area contributed by atoms with Gasteiger partial charge in [-0.2, -0.15) is 0 Å². The number of aryl methyl sites for hydroxylation is 1. The van der Waals surface area contributed by atoms with Crippen LogP contribution in [-0.2, 0) is 4.74 Å². The quantitative estimate of drug-likeness (QED) is 0.776. The molecule has 1 aromatic rings. The minimum Gasteiger partial charge on any atom is -0.462 e. The number of amidine groups is 1. The highest BCUT2D eigenvalue weighted by Crippen LogP contribution is 2.37. The molecule has 0 spiro atoms. The summed E-state index contributed by atoms with van der Waals surface area (Å²) in [4.78, 5) is 23.0. The minimum atomic E-state index is -0.389. The van der Waals surface area contributed by atoms with Gasteiger partial charge < -0.3 is 14.1 Å². The number of hydrogen-bond acceptors (Lipinski definition) is 6. The molecule has 0 saturated carbocycles. The largest absolute Gasteiger partial charge is 0.462 e. The number of esters is 1. The molecule has 1 aromatic heterocycles. The Morgan fingerprint density at radius 2 is 2.30 bits per heavy atom. The van der Waals surface area contributed by atoms with Gasteiger partial charge in [0.05, 0.1) is 24.3 Å². The first kappa shape index (κ1) is 12.9. The highest BCUT2D eigenvalue weighted by atomic mass is 16.5. The lowest BCUT2D eigenvalue weighted by Crippen LogP contribution is -2.33. The summed E-state index contributed by atoms with van der Waals surface area (Å²) in [6, 6.07) is 0. The maximum atomic E-state index is 12.1. The maximum absolute atomic E-state index is 12.1. The van der Waals surface area contributed by atoms with E-state index in [-0.39, 0.29) is 11.5 Å². The first-order chi connectivity index (χ1) is 9.43. The average Bonchev–Trinajstić information content (AvgIpc) is 2.84. The van der Waals surface area contributed by atoms with Crippen molar-refractivity contribution in [3.05, 3.63) is 16.9 Å². The summed E-state index contributed by atoms with van der Waals surface area (Å²) in [6.07, 6.45) is 1.70. The third-order valence-corrected chi connectivity index (χ3v) is 3.32. The van der Waals surface area contributed by atoms with Crippen LogP contribution in [0.2, 0.25) is 0 Å². The summed E-state index contributed by atoms with van der Waals surface area (Å²) in [6.45, 7) is 8.66. The summed E-state index contributed by atoms with van der Waals surface area (Å²) in [7, 11) is 0. The van der Waals surface area contributed by atoms with E-state index in [1.807, 2.05) is 18.7 Å². The topological polar surface area (TPSA) is 67.4 Å². The van der Waals surface area contributed by atoms with Crippen molar-refractivity contribution >= 4 is 24.0 Å². The molecule has 2 aliphatic heterocycles. The Morgan fingerprint density at radius 1 is 1.55 bits per heavy atom. The molecule has 0 fully saturated rings. The van der Waals surface area contributed by atoms with E-state index < -0.39 is 0 Å². The van der Waals surface area contributed by atoms with Gasteiger partial charge in [-0.3, -0.25) is 4.99 Å². The van der Waals surface area contributed by atoms with Crippen LogP contribution in [0.1, 0.15) is 42.5 Å². The molecule has 6 nitrogen and oxygen atoms in total. The number of hydrogen-bond donors (Lipinski definition) is 0. The molecule has 0 atom stereocenters. The number of rotatable bonds is 2. The lowest BCUT2D eigenvalue weighted by Gasteiger charge is -2.19. The second-order valence-corrected chi connectivity index (χ2v) is 5.55. The Labute approximate surface area is 117 Å². The first-order valence-corrected chi connectivity index (χ1v) is 6.64. The van der Waals surface area contributed by atoms with Crippen molar-refractivity contribution in [3.8, 4) is 0 Å². The monoisotopic (exact) mass is 275 g/mol. The Hall–Kier alpha value is -2.11. The van der Waals surface area contributed by atoms with E-state index in [4.69, 9.17) is 9.15 Å². The van der Waals surface area contributed by atoms with E-state index >= 15 is 0 Å². The molecule has 6 heteroatoms. The van der Waals surface area contributed by atoms with Gasteiger partial charge >= 0.3 is 5.97 Å². The molecule has 3 rings (SSSR count). The average molecular weight is 275 g/mol. The van der Waals surface area contributed by atoms with Crippen molar-refractivity contribution in [2.45, 2.75) is 33.2 Å². The highest BCUT2D eigenvalue weighted by Gasteiger charge is 2.39. The van der Waals surface area contributed by atoms with Gasteiger partial charge in [-0.15, -0.1) is 0 Å². The lowest BCUT2D eigenvalue weighted by molar-refractivity contribution is 0.0524. The van der Waals surface area contributed by atoms with Crippen LogP contribution in [0.25, 0.3) is 0 Å². The summed E-state index contributed by atoms with van der Waals surface area (Å²) < 4.78 is 10.7. The fourth-order valence-corrected chi connectivity index (χ4v) is 2.57. The zero-order valence-electron chi connectivity index (χ0n) is 12.1. The summed E-state index contributed by atoms with van der Waals surface area (Å²) in [5.74, 6) is 1.29. The van der Waals surface area contributed by atoms with Crippen LogP contribution in [-0.4, -0.2) is 41.7 Å². The molecule has 0 bridgehead atoms. The Morgan fingerprint density at radius 3 is 3.00 bits per heavy atom. The summed E-state index contributed by atoms with van der Waals surface area (Å²) in [5, 5.41) is 0. The number of carbonyl (C=O) groups excluding carboxylic acids is 1. The zero-order valence-corrected chi connectivity index (χ0v) is 12.1. The summed E-state index contributed by atoms with van der Waals surface area (Å²) >= 11 is 0. The van der Waals surface area contributed by atoms with Crippen LogP contribution < -0.4 is 0 Å². The van der Waals surface area contributed by atoms with E-state index in [0.29, 0.717) is 29.4 Å². The molecule has 0 unspecified atom stereocenters. The van der Waals surface area contributed by atoms with Crippen molar-refractivity contribution in [1.29, 1.82) is 0 Å². The second kappa shape index (κ2) is 4.19. The van der Waals surface area contributed by atoms with Gasteiger partial charge in [0.1, 0.15) is 23.5 Å². The number of fused-ring (bicyclic) bond motifs is 3. The molecular weight excluding hydrogens is 258 g/mol. The molecule has 0 aromatic carbocycles. The van der Waals surface area contributed by atoms with Crippen LogP contribution in [0.15, 0.2) is 14.4 Å². The molecule has 0 amide bonds. The number of nitrogens with zero attached hydrogens (tertiary/aromatic N) is 3. The smallest absolute Gasteiger partial charge is 0.342 e. The fraction of sp³-hybridized carbons (Fsp3) is 0.500. The molecule has 0 radical (unpaired) electrons. The van der Waals surface area contributed by atoms with Gasteiger partial charge in [0, 0.05) is 0 Å².